The number of aromatic nitrogens is 2. The first-order valence-electron chi connectivity index (χ1n) is 11.9. The van der Waals surface area contributed by atoms with Gasteiger partial charge in [0.1, 0.15) is 5.82 Å². The van der Waals surface area contributed by atoms with Gasteiger partial charge in [-0.15, -0.1) is 0 Å². The number of nitrogens with zero attached hydrogens (tertiary/aromatic N) is 2. The number of halogens is 4. The zero-order chi connectivity index (χ0) is 27.0. The van der Waals surface area contributed by atoms with Crippen molar-refractivity contribution < 1.29 is 22.8 Å². The summed E-state index contributed by atoms with van der Waals surface area (Å²) in [5.74, 6) is -3.42. The minimum Gasteiger partial charge on any atom is -0.360 e. The van der Waals surface area contributed by atoms with E-state index >= 15 is 0 Å². The lowest BCUT2D eigenvalue weighted by atomic mass is 10.1. The normalized spacial score (nSPS) is 13.5. The molecule has 3 heterocycles. The fourth-order valence-corrected chi connectivity index (χ4v) is 4.70. The molecule has 0 unspecified atom stereocenters. The maximum atomic E-state index is 14.9. The first-order valence-corrected chi connectivity index (χ1v) is 12.3. The van der Waals surface area contributed by atoms with E-state index in [9.17, 15) is 27.6 Å². The van der Waals surface area contributed by atoms with Gasteiger partial charge in [0.2, 0.25) is 5.91 Å². The van der Waals surface area contributed by atoms with Crippen molar-refractivity contribution in [2.45, 2.75) is 32.5 Å². The van der Waals surface area contributed by atoms with Crippen LogP contribution in [0.1, 0.15) is 39.9 Å². The van der Waals surface area contributed by atoms with Gasteiger partial charge in [-0.05, 0) is 24.6 Å². The lowest BCUT2D eigenvalue weighted by molar-refractivity contribution is -0.128. The fourth-order valence-electron chi connectivity index (χ4n) is 4.49. The Morgan fingerprint density at radius 3 is 2.45 bits per heavy atom. The first-order chi connectivity index (χ1) is 18.2. The number of likely N-dealkylation sites (tertiary alicyclic amines) is 1. The van der Waals surface area contributed by atoms with E-state index in [1.54, 1.807) is 0 Å². The van der Waals surface area contributed by atoms with Crippen molar-refractivity contribution in [3.63, 3.8) is 0 Å². The zero-order valence-corrected chi connectivity index (χ0v) is 20.7. The van der Waals surface area contributed by atoms with Gasteiger partial charge < -0.3 is 19.8 Å². The van der Waals surface area contributed by atoms with E-state index in [4.69, 9.17) is 11.6 Å². The predicted molar refractivity (Wildman–Crippen MR) is 135 cm³/mol. The number of hydrogen-bond donors (Lipinski definition) is 2. The molecule has 2 amide bonds. The summed E-state index contributed by atoms with van der Waals surface area (Å²) in [5, 5.41) is 3.62. The summed E-state index contributed by atoms with van der Waals surface area (Å²) >= 11 is 6.09. The maximum absolute atomic E-state index is 14.9. The van der Waals surface area contributed by atoms with Gasteiger partial charge in [-0.3, -0.25) is 14.4 Å². The van der Waals surface area contributed by atoms with Crippen LogP contribution >= 0.6 is 11.6 Å². The molecule has 11 heteroatoms. The van der Waals surface area contributed by atoms with Crippen molar-refractivity contribution in [2.24, 2.45) is 0 Å². The summed E-state index contributed by atoms with van der Waals surface area (Å²) in [6, 6.07) is 8.00. The fraction of sp³-hybridized carbons (Fsp3) is 0.222. The van der Waals surface area contributed by atoms with Crippen LogP contribution < -0.4 is 10.9 Å². The van der Waals surface area contributed by atoms with Crippen LogP contribution in [-0.4, -0.2) is 32.8 Å². The molecular formula is C27H22ClF3N4O3. The monoisotopic (exact) mass is 542 g/mol. The summed E-state index contributed by atoms with van der Waals surface area (Å²) in [6.45, 7) is 0.0132. The highest BCUT2D eigenvalue weighted by atomic mass is 35.5. The highest BCUT2D eigenvalue weighted by Gasteiger charge is 2.23. The van der Waals surface area contributed by atoms with Crippen molar-refractivity contribution in [3.8, 4) is 0 Å². The minimum absolute atomic E-state index is 0.0265. The predicted octanol–water partition coefficient (Wildman–Crippen LogP) is 4.50. The molecule has 2 aromatic heterocycles. The van der Waals surface area contributed by atoms with Crippen LogP contribution in [0.5, 0.6) is 0 Å². The number of pyridine rings is 1. The number of aromatic amines is 1. The Labute approximate surface area is 219 Å². The Kier molecular flexibility index (Phi) is 6.98. The third-order valence-corrected chi connectivity index (χ3v) is 6.91. The summed E-state index contributed by atoms with van der Waals surface area (Å²) in [5.41, 5.74) is 0.262. The van der Waals surface area contributed by atoms with E-state index in [2.05, 4.69) is 10.3 Å². The quantitative estimate of drug-likeness (QED) is 0.360. The Morgan fingerprint density at radius 1 is 1.00 bits per heavy atom. The number of benzene rings is 2. The number of rotatable bonds is 7. The zero-order valence-electron chi connectivity index (χ0n) is 20.0. The van der Waals surface area contributed by atoms with Crippen LogP contribution in [0.2, 0.25) is 5.02 Å². The van der Waals surface area contributed by atoms with Gasteiger partial charge in [0.05, 0.1) is 17.1 Å². The molecule has 0 atom stereocenters. The van der Waals surface area contributed by atoms with Crippen molar-refractivity contribution in [1.29, 1.82) is 0 Å². The van der Waals surface area contributed by atoms with Crippen LogP contribution in [0.15, 0.2) is 53.6 Å². The van der Waals surface area contributed by atoms with Gasteiger partial charge in [0.15, 0.2) is 11.6 Å². The third-order valence-electron chi connectivity index (χ3n) is 6.60. The summed E-state index contributed by atoms with van der Waals surface area (Å²) < 4.78 is 45.1. The molecule has 0 aliphatic carbocycles. The molecule has 0 spiro atoms. The van der Waals surface area contributed by atoms with Crippen molar-refractivity contribution >= 4 is 34.3 Å². The lowest BCUT2D eigenvalue weighted by Gasteiger charge is -2.17. The van der Waals surface area contributed by atoms with E-state index in [1.807, 2.05) is 0 Å². The first kappa shape index (κ1) is 25.6. The number of amides is 2. The topological polar surface area (TPSA) is 87.2 Å². The van der Waals surface area contributed by atoms with Gasteiger partial charge in [0, 0.05) is 72.1 Å². The lowest BCUT2D eigenvalue weighted by Crippen LogP contribution is -2.27. The van der Waals surface area contributed by atoms with E-state index in [1.165, 1.54) is 47.6 Å². The number of fused-ring (bicyclic) bond motifs is 1. The molecule has 0 bridgehead atoms. The van der Waals surface area contributed by atoms with Crippen LogP contribution in [0.3, 0.4) is 0 Å². The number of H-pyrrole nitrogens is 1. The molecule has 2 N–H and O–H groups in total. The Bertz CT molecular complexity index is 1630. The Balaban J connectivity index is 1.31. The molecule has 0 radical (unpaired) electrons. The second-order valence-corrected chi connectivity index (χ2v) is 9.53. The molecule has 5 rings (SSSR count). The van der Waals surface area contributed by atoms with Crippen molar-refractivity contribution in [3.05, 3.63) is 104 Å². The van der Waals surface area contributed by atoms with Crippen molar-refractivity contribution in [1.82, 2.24) is 19.8 Å². The summed E-state index contributed by atoms with van der Waals surface area (Å²) in [4.78, 5) is 41.3. The van der Waals surface area contributed by atoms with Gasteiger partial charge >= 0.3 is 0 Å². The van der Waals surface area contributed by atoms with Crippen LogP contribution in [0.25, 0.3) is 10.9 Å². The molecular weight excluding hydrogens is 521 g/mol. The minimum atomic E-state index is -1.12. The molecule has 1 aliphatic rings. The van der Waals surface area contributed by atoms with E-state index in [0.717, 1.165) is 10.6 Å². The Morgan fingerprint density at radius 2 is 1.74 bits per heavy atom. The summed E-state index contributed by atoms with van der Waals surface area (Å²) in [6.07, 6.45) is 3.84. The average molecular weight is 543 g/mol. The summed E-state index contributed by atoms with van der Waals surface area (Å²) in [7, 11) is 0. The van der Waals surface area contributed by atoms with Crippen molar-refractivity contribution in [2.75, 3.05) is 6.54 Å². The molecule has 0 saturated carbocycles. The molecule has 7 nitrogen and oxygen atoms in total. The SMILES string of the molecule is O=C(NCc1cc2c(Cl)c[nH]c2cc1F)c1ccc(=O)n(Cc2ccc(CN3CCCC3=O)c(F)c2F)c1. The van der Waals surface area contributed by atoms with E-state index in [-0.39, 0.29) is 47.8 Å². The van der Waals surface area contributed by atoms with Gasteiger partial charge in [-0.1, -0.05) is 23.7 Å². The second-order valence-electron chi connectivity index (χ2n) is 9.12. The highest BCUT2D eigenvalue weighted by molar-refractivity contribution is 6.35. The Hall–Kier alpha value is -4.05. The molecule has 1 aliphatic heterocycles. The number of hydrogen-bond acceptors (Lipinski definition) is 3. The molecule has 196 valence electrons. The van der Waals surface area contributed by atoms with Crippen LogP contribution in [0.4, 0.5) is 13.2 Å². The molecule has 2 aromatic carbocycles. The third kappa shape index (κ3) is 5.04. The largest absolute Gasteiger partial charge is 0.360 e. The molecule has 38 heavy (non-hydrogen) atoms. The second kappa shape index (κ2) is 10.4. The highest BCUT2D eigenvalue weighted by Crippen LogP contribution is 2.26. The average Bonchev–Trinajstić information content (AvgIpc) is 3.47. The van der Waals surface area contributed by atoms with Crippen LogP contribution in [0, 0.1) is 17.5 Å². The molecule has 1 fully saturated rings. The smallest absolute Gasteiger partial charge is 0.253 e. The number of carbonyl (C=O) groups excluding carboxylic acids is 2. The van der Waals surface area contributed by atoms with Gasteiger partial charge in [-0.2, -0.15) is 0 Å². The molecule has 4 aromatic rings. The standard InChI is InChI=1S/C27H22ClF3N4O3/c28-20-11-32-22-9-21(29)18(8-19(20)22)10-33-27(38)17-5-6-24(37)35(14-17)13-16-4-3-15(25(30)26(16)31)12-34-7-1-2-23(34)36/h3-6,8-9,11,14,32H,1-2,7,10,12-13H2,(H,33,38). The maximum Gasteiger partial charge on any atom is 0.253 e. The van der Waals surface area contributed by atoms with E-state index < -0.39 is 28.9 Å². The van der Waals surface area contributed by atoms with Crippen LogP contribution in [-0.2, 0) is 24.4 Å². The molecule has 1 saturated heterocycles. The van der Waals surface area contributed by atoms with Gasteiger partial charge in [-0.25, -0.2) is 13.2 Å². The number of nitrogens with one attached hydrogen (secondary N) is 2. The number of carbonyl (C=O) groups is 2. The van der Waals surface area contributed by atoms with Gasteiger partial charge in [0.25, 0.3) is 11.5 Å². The van der Waals surface area contributed by atoms with E-state index in [0.29, 0.717) is 35.3 Å².